The van der Waals surface area contributed by atoms with Crippen molar-refractivity contribution in [2.45, 2.75) is 26.6 Å². The van der Waals surface area contributed by atoms with Gasteiger partial charge in [-0.25, -0.2) is 0 Å². The molecule has 1 aromatic carbocycles. The molecular weight excluding hydrogens is 305 g/mol. The predicted molar refractivity (Wildman–Crippen MR) is 76.9 cm³/mol. The minimum atomic E-state index is -4.79. The maximum absolute atomic E-state index is 12.2. The van der Waals surface area contributed by atoms with E-state index in [2.05, 4.69) is 10.1 Å². The van der Waals surface area contributed by atoms with Gasteiger partial charge in [0.2, 0.25) is 5.91 Å². The van der Waals surface area contributed by atoms with Crippen LogP contribution in [0.5, 0.6) is 5.75 Å². The first kappa shape index (κ1) is 17.2. The van der Waals surface area contributed by atoms with E-state index in [0.717, 1.165) is 12.1 Å². The standard InChI is InChI=1S/C13H15F3N2O2S/c1-3-12(2,10(17)21)11(19)18-8-5-4-6-9(7-8)20-13(14,15)16/h4-7H,3H2,1-2H3,(H2,17,21)(H,18,19). The Morgan fingerprint density at radius 3 is 2.52 bits per heavy atom. The molecule has 0 radical (unpaired) electrons. The van der Waals surface area contributed by atoms with Gasteiger partial charge in [0.05, 0.1) is 10.4 Å². The van der Waals surface area contributed by atoms with E-state index in [-0.39, 0.29) is 10.7 Å². The van der Waals surface area contributed by atoms with Crippen LogP contribution in [0.15, 0.2) is 24.3 Å². The van der Waals surface area contributed by atoms with Gasteiger partial charge in [-0.3, -0.25) is 4.79 Å². The third-order valence-electron chi connectivity index (χ3n) is 3.08. The van der Waals surface area contributed by atoms with E-state index in [1.54, 1.807) is 13.8 Å². The molecule has 116 valence electrons. The molecule has 0 bridgehead atoms. The van der Waals surface area contributed by atoms with Gasteiger partial charge < -0.3 is 15.8 Å². The van der Waals surface area contributed by atoms with Crippen LogP contribution < -0.4 is 15.8 Å². The maximum Gasteiger partial charge on any atom is 0.573 e. The highest BCUT2D eigenvalue weighted by Crippen LogP contribution is 2.27. The number of alkyl halides is 3. The molecule has 1 amide bonds. The number of ether oxygens (including phenoxy) is 1. The molecule has 8 heteroatoms. The van der Waals surface area contributed by atoms with E-state index in [1.165, 1.54) is 12.1 Å². The van der Waals surface area contributed by atoms with Gasteiger partial charge in [-0.1, -0.05) is 25.2 Å². The van der Waals surface area contributed by atoms with Crippen LogP contribution in [0.4, 0.5) is 18.9 Å². The molecule has 21 heavy (non-hydrogen) atoms. The summed E-state index contributed by atoms with van der Waals surface area (Å²) < 4.78 is 40.2. The molecule has 0 saturated carbocycles. The normalized spacial score (nSPS) is 14.1. The number of halogens is 3. The van der Waals surface area contributed by atoms with Gasteiger partial charge in [0.25, 0.3) is 0 Å². The number of rotatable bonds is 5. The van der Waals surface area contributed by atoms with Gasteiger partial charge in [-0.05, 0) is 25.5 Å². The molecule has 0 aromatic heterocycles. The Morgan fingerprint density at radius 1 is 1.43 bits per heavy atom. The lowest BCUT2D eigenvalue weighted by atomic mass is 9.86. The first-order valence-corrected chi connectivity index (χ1v) is 6.46. The molecule has 0 heterocycles. The SMILES string of the molecule is CCC(C)(C(=O)Nc1cccc(OC(F)(F)F)c1)C(N)=S. The highest BCUT2D eigenvalue weighted by molar-refractivity contribution is 7.80. The minimum absolute atomic E-state index is 0.0187. The second-order valence-electron chi connectivity index (χ2n) is 4.58. The molecule has 0 aliphatic rings. The molecular formula is C13H15F3N2O2S. The lowest BCUT2D eigenvalue weighted by molar-refractivity contribution is -0.274. The number of nitrogens with two attached hydrogens (primary N) is 1. The molecule has 0 saturated heterocycles. The lowest BCUT2D eigenvalue weighted by Gasteiger charge is -2.25. The van der Waals surface area contributed by atoms with Crippen molar-refractivity contribution < 1.29 is 22.7 Å². The summed E-state index contributed by atoms with van der Waals surface area (Å²) in [6, 6.07) is 4.98. The van der Waals surface area contributed by atoms with Crippen molar-refractivity contribution in [2.75, 3.05) is 5.32 Å². The third-order valence-corrected chi connectivity index (χ3v) is 3.53. The van der Waals surface area contributed by atoms with Gasteiger partial charge >= 0.3 is 6.36 Å². The molecule has 1 aromatic rings. The first-order chi connectivity index (χ1) is 9.58. The Kier molecular flexibility index (Phi) is 5.16. The van der Waals surface area contributed by atoms with Gasteiger partial charge in [-0.15, -0.1) is 13.2 Å². The highest BCUT2D eigenvalue weighted by Gasteiger charge is 2.35. The second kappa shape index (κ2) is 6.30. The van der Waals surface area contributed by atoms with Crippen molar-refractivity contribution in [3.63, 3.8) is 0 Å². The summed E-state index contributed by atoms with van der Waals surface area (Å²) in [5.74, 6) is -0.907. The summed E-state index contributed by atoms with van der Waals surface area (Å²) in [6.45, 7) is 3.31. The smallest absolute Gasteiger partial charge is 0.406 e. The Bertz CT molecular complexity index is 548. The fraction of sp³-hybridized carbons (Fsp3) is 0.385. The number of amides is 1. The van der Waals surface area contributed by atoms with Crippen molar-refractivity contribution in [1.82, 2.24) is 0 Å². The number of benzene rings is 1. The van der Waals surface area contributed by atoms with Crippen LogP contribution in [0.25, 0.3) is 0 Å². The largest absolute Gasteiger partial charge is 0.573 e. The zero-order valence-electron chi connectivity index (χ0n) is 11.5. The van der Waals surface area contributed by atoms with Gasteiger partial charge in [0, 0.05) is 11.8 Å². The van der Waals surface area contributed by atoms with E-state index in [0.29, 0.717) is 6.42 Å². The number of hydrogen-bond donors (Lipinski definition) is 2. The van der Waals surface area contributed by atoms with E-state index in [1.807, 2.05) is 0 Å². The molecule has 3 N–H and O–H groups in total. The number of carbonyl (C=O) groups is 1. The van der Waals surface area contributed by atoms with Gasteiger partial charge in [0.15, 0.2) is 0 Å². The Morgan fingerprint density at radius 2 is 2.05 bits per heavy atom. The van der Waals surface area contributed by atoms with Gasteiger partial charge in [-0.2, -0.15) is 0 Å². The zero-order valence-corrected chi connectivity index (χ0v) is 12.3. The quantitative estimate of drug-likeness (QED) is 0.818. The molecule has 1 atom stereocenters. The molecule has 0 aliphatic heterocycles. The van der Waals surface area contributed by atoms with Crippen molar-refractivity contribution in [1.29, 1.82) is 0 Å². The summed E-state index contributed by atoms with van der Waals surface area (Å²) >= 11 is 4.86. The average Bonchev–Trinajstić information content (AvgIpc) is 2.35. The Labute approximate surface area is 125 Å². The lowest BCUT2D eigenvalue weighted by Crippen LogP contribution is -2.43. The molecule has 0 fully saturated rings. The second-order valence-corrected chi connectivity index (χ2v) is 5.02. The van der Waals surface area contributed by atoms with Crippen LogP contribution in [-0.2, 0) is 4.79 Å². The Balaban J connectivity index is 2.91. The molecule has 1 unspecified atom stereocenters. The summed E-state index contributed by atoms with van der Waals surface area (Å²) in [4.78, 5) is 12.2. The van der Waals surface area contributed by atoms with Crippen molar-refractivity contribution >= 4 is 28.8 Å². The van der Waals surface area contributed by atoms with Crippen LogP contribution in [-0.4, -0.2) is 17.3 Å². The first-order valence-electron chi connectivity index (χ1n) is 6.05. The summed E-state index contributed by atoms with van der Waals surface area (Å²) in [7, 11) is 0. The van der Waals surface area contributed by atoms with Crippen LogP contribution in [0.2, 0.25) is 0 Å². The van der Waals surface area contributed by atoms with E-state index in [4.69, 9.17) is 18.0 Å². The fourth-order valence-corrected chi connectivity index (χ4v) is 1.72. The van der Waals surface area contributed by atoms with E-state index in [9.17, 15) is 18.0 Å². The minimum Gasteiger partial charge on any atom is -0.406 e. The number of nitrogens with one attached hydrogen (secondary N) is 1. The topological polar surface area (TPSA) is 64.3 Å². The molecule has 4 nitrogen and oxygen atoms in total. The van der Waals surface area contributed by atoms with Gasteiger partial charge in [0.1, 0.15) is 5.75 Å². The van der Waals surface area contributed by atoms with Crippen LogP contribution in [0.3, 0.4) is 0 Å². The number of thiocarbonyl (C=S) groups is 1. The summed E-state index contributed by atoms with van der Waals surface area (Å²) in [5, 5.41) is 2.49. The van der Waals surface area contributed by atoms with E-state index >= 15 is 0 Å². The predicted octanol–water partition coefficient (Wildman–Crippen LogP) is 3.23. The van der Waals surface area contributed by atoms with E-state index < -0.39 is 23.4 Å². The monoisotopic (exact) mass is 320 g/mol. The maximum atomic E-state index is 12.2. The number of anilines is 1. The Hall–Kier alpha value is -1.83. The van der Waals surface area contributed by atoms with Crippen molar-refractivity contribution in [3.8, 4) is 5.75 Å². The van der Waals surface area contributed by atoms with Crippen molar-refractivity contribution in [3.05, 3.63) is 24.3 Å². The number of hydrogen-bond acceptors (Lipinski definition) is 3. The summed E-state index contributed by atoms with van der Waals surface area (Å²) in [5.41, 5.74) is 4.64. The molecule has 1 rings (SSSR count). The third kappa shape index (κ3) is 4.59. The van der Waals surface area contributed by atoms with Crippen molar-refractivity contribution in [2.24, 2.45) is 11.1 Å². The average molecular weight is 320 g/mol. The molecule has 0 aliphatic carbocycles. The summed E-state index contributed by atoms with van der Waals surface area (Å²) in [6.07, 6.45) is -4.42. The van der Waals surface area contributed by atoms with Crippen LogP contribution in [0.1, 0.15) is 20.3 Å². The molecule has 0 spiro atoms. The van der Waals surface area contributed by atoms with Crippen LogP contribution >= 0.6 is 12.2 Å². The highest BCUT2D eigenvalue weighted by atomic mass is 32.1. The zero-order chi connectivity index (χ0) is 16.3. The number of carbonyl (C=O) groups excluding carboxylic acids is 1. The fourth-order valence-electron chi connectivity index (χ4n) is 1.49. The van der Waals surface area contributed by atoms with Crippen LogP contribution in [0, 0.1) is 5.41 Å².